The van der Waals surface area contributed by atoms with E-state index < -0.39 is 5.97 Å². The first-order chi connectivity index (χ1) is 8.61. The minimum Gasteiger partial charge on any atom is -0.481 e. The van der Waals surface area contributed by atoms with Crippen LogP contribution in [-0.2, 0) is 9.53 Å². The molecule has 2 fully saturated rings. The van der Waals surface area contributed by atoms with Crippen LogP contribution in [0.5, 0.6) is 0 Å². The fourth-order valence-electron chi connectivity index (χ4n) is 3.12. The smallest absolute Gasteiger partial charge is 0.307 e. The van der Waals surface area contributed by atoms with Crippen LogP contribution in [0, 0.1) is 11.8 Å². The van der Waals surface area contributed by atoms with Gasteiger partial charge in [-0.3, -0.25) is 4.79 Å². The lowest BCUT2D eigenvalue weighted by molar-refractivity contribution is -0.142. The monoisotopic (exact) mass is 274 g/mol. The highest BCUT2D eigenvalue weighted by Crippen LogP contribution is 2.41. The second-order valence-corrected chi connectivity index (χ2v) is 6.25. The standard InChI is InChI=1S/C14H23ClO3/c1-2-11(15)10(14(16)17)5-3-4-9-6-7-12-13(8-9)18-12/h9-13H,2-8H2,1H3,(H,16,17). The zero-order valence-corrected chi connectivity index (χ0v) is 11.7. The number of aliphatic carboxylic acids is 1. The minimum atomic E-state index is -0.744. The van der Waals surface area contributed by atoms with E-state index in [0.29, 0.717) is 18.6 Å². The summed E-state index contributed by atoms with van der Waals surface area (Å²) < 4.78 is 5.51. The molecule has 0 aromatic rings. The lowest BCUT2D eigenvalue weighted by Gasteiger charge is -2.21. The molecule has 2 aliphatic rings. The second kappa shape index (κ2) is 6.25. The van der Waals surface area contributed by atoms with Crippen molar-refractivity contribution in [2.45, 2.75) is 69.5 Å². The van der Waals surface area contributed by atoms with Gasteiger partial charge in [0.25, 0.3) is 0 Å². The number of rotatable bonds is 7. The number of carboxylic acid groups (broad SMARTS) is 1. The number of carbonyl (C=O) groups is 1. The van der Waals surface area contributed by atoms with Crippen LogP contribution in [0.4, 0.5) is 0 Å². The second-order valence-electron chi connectivity index (χ2n) is 5.69. The summed E-state index contributed by atoms with van der Waals surface area (Å²) in [5, 5.41) is 8.92. The molecule has 1 aliphatic heterocycles. The molecular formula is C14H23ClO3. The average molecular weight is 275 g/mol. The van der Waals surface area contributed by atoms with E-state index in [2.05, 4.69) is 0 Å². The number of alkyl halides is 1. The molecule has 1 heterocycles. The Morgan fingerprint density at radius 3 is 2.83 bits per heavy atom. The molecule has 0 amide bonds. The van der Waals surface area contributed by atoms with Crippen molar-refractivity contribution in [1.82, 2.24) is 0 Å². The number of ether oxygens (including phenoxy) is 1. The third-order valence-electron chi connectivity index (χ3n) is 4.38. The van der Waals surface area contributed by atoms with E-state index in [4.69, 9.17) is 21.4 Å². The Morgan fingerprint density at radius 1 is 1.44 bits per heavy atom. The normalized spacial score (nSPS) is 33.6. The molecule has 4 heteroatoms. The van der Waals surface area contributed by atoms with E-state index in [0.717, 1.165) is 25.2 Å². The van der Waals surface area contributed by atoms with Gasteiger partial charge in [-0.25, -0.2) is 0 Å². The SMILES string of the molecule is CCC(Cl)C(CCCC1CCC2OC2C1)C(=O)O. The minimum absolute atomic E-state index is 0.231. The lowest BCUT2D eigenvalue weighted by Crippen LogP contribution is -2.24. The number of fused-ring (bicyclic) bond motifs is 1. The largest absolute Gasteiger partial charge is 0.481 e. The van der Waals surface area contributed by atoms with Gasteiger partial charge in [-0.2, -0.15) is 0 Å². The van der Waals surface area contributed by atoms with Crippen LogP contribution in [0.1, 0.15) is 51.9 Å². The van der Waals surface area contributed by atoms with Crippen molar-refractivity contribution in [3.63, 3.8) is 0 Å². The highest BCUT2D eigenvalue weighted by atomic mass is 35.5. The van der Waals surface area contributed by atoms with Gasteiger partial charge in [0.15, 0.2) is 0 Å². The molecule has 1 N–H and O–H groups in total. The highest BCUT2D eigenvalue weighted by Gasteiger charge is 2.43. The molecule has 0 bridgehead atoms. The van der Waals surface area contributed by atoms with E-state index in [-0.39, 0.29) is 11.3 Å². The predicted octanol–water partition coefficient (Wildman–Crippen LogP) is 3.44. The molecule has 1 saturated heterocycles. The Kier molecular flexibility index (Phi) is 4.91. The van der Waals surface area contributed by atoms with Gasteiger partial charge in [-0.15, -0.1) is 11.6 Å². The molecule has 0 radical (unpaired) electrons. The van der Waals surface area contributed by atoms with E-state index >= 15 is 0 Å². The van der Waals surface area contributed by atoms with E-state index in [1.54, 1.807) is 0 Å². The van der Waals surface area contributed by atoms with Crippen molar-refractivity contribution >= 4 is 17.6 Å². The Morgan fingerprint density at radius 2 is 2.22 bits per heavy atom. The summed E-state index contributed by atoms with van der Waals surface area (Å²) in [7, 11) is 0. The average Bonchev–Trinajstić information content (AvgIpc) is 3.11. The maximum absolute atomic E-state index is 11.1. The predicted molar refractivity (Wildman–Crippen MR) is 70.9 cm³/mol. The molecule has 0 aromatic carbocycles. The summed E-state index contributed by atoms with van der Waals surface area (Å²) in [6, 6.07) is 0. The van der Waals surface area contributed by atoms with Crippen LogP contribution in [0.2, 0.25) is 0 Å². The first-order valence-corrected chi connectivity index (χ1v) is 7.57. The van der Waals surface area contributed by atoms with Gasteiger partial charge in [0, 0.05) is 5.38 Å². The number of carboxylic acids is 1. The number of halogens is 1. The van der Waals surface area contributed by atoms with Crippen LogP contribution < -0.4 is 0 Å². The molecule has 5 atom stereocenters. The maximum Gasteiger partial charge on any atom is 0.307 e. The van der Waals surface area contributed by atoms with Crippen LogP contribution in [0.25, 0.3) is 0 Å². The zero-order chi connectivity index (χ0) is 13.1. The van der Waals surface area contributed by atoms with Gasteiger partial charge in [-0.1, -0.05) is 19.8 Å². The number of epoxide rings is 1. The van der Waals surface area contributed by atoms with Crippen LogP contribution >= 0.6 is 11.6 Å². The zero-order valence-electron chi connectivity index (χ0n) is 11.0. The van der Waals surface area contributed by atoms with Crippen LogP contribution in [0.15, 0.2) is 0 Å². The van der Waals surface area contributed by atoms with Gasteiger partial charge in [-0.05, 0) is 38.0 Å². The highest BCUT2D eigenvalue weighted by molar-refractivity contribution is 6.21. The maximum atomic E-state index is 11.1. The van der Waals surface area contributed by atoms with Gasteiger partial charge in [0.1, 0.15) is 0 Å². The molecule has 1 saturated carbocycles. The molecule has 3 nitrogen and oxygen atoms in total. The fourth-order valence-corrected chi connectivity index (χ4v) is 3.35. The van der Waals surface area contributed by atoms with Gasteiger partial charge in [0.2, 0.25) is 0 Å². The summed E-state index contributed by atoms with van der Waals surface area (Å²) in [6.07, 6.45) is 8.24. The van der Waals surface area contributed by atoms with E-state index in [1.807, 2.05) is 6.92 Å². The van der Waals surface area contributed by atoms with Crippen molar-refractivity contribution in [2.24, 2.45) is 11.8 Å². The van der Waals surface area contributed by atoms with E-state index in [1.165, 1.54) is 19.3 Å². The van der Waals surface area contributed by atoms with Crippen LogP contribution in [0.3, 0.4) is 0 Å². The number of hydrogen-bond acceptors (Lipinski definition) is 2. The molecule has 0 spiro atoms. The number of hydrogen-bond donors (Lipinski definition) is 1. The quantitative estimate of drug-likeness (QED) is 0.571. The van der Waals surface area contributed by atoms with Crippen molar-refractivity contribution in [1.29, 1.82) is 0 Å². The lowest BCUT2D eigenvalue weighted by atomic mass is 9.84. The molecule has 5 unspecified atom stereocenters. The van der Waals surface area contributed by atoms with E-state index in [9.17, 15) is 4.79 Å². The van der Waals surface area contributed by atoms with Gasteiger partial charge < -0.3 is 9.84 Å². The Balaban J connectivity index is 1.67. The third kappa shape index (κ3) is 3.61. The summed E-state index contributed by atoms with van der Waals surface area (Å²) in [5.74, 6) is -0.394. The fraction of sp³-hybridized carbons (Fsp3) is 0.929. The molecular weight excluding hydrogens is 252 g/mol. The first kappa shape index (κ1) is 14.1. The molecule has 2 rings (SSSR count). The molecule has 1 aliphatic carbocycles. The van der Waals surface area contributed by atoms with Gasteiger partial charge in [0.05, 0.1) is 18.1 Å². The van der Waals surface area contributed by atoms with Crippen molar-refractivity contribution < 1.29 is 14.6 Å². The first-order valence-electron chi connectivity index (χ1n) is 7.14. The topological polar surface area (TPSA) is 49.8 Å². The van der Waals surface area contributed by atoms with Crippen molar-refractivity contribution in [3.05, 3.63) is 0 Å². The van der Waals surface area contributed by atoms with Crippen molar-refractivity contribution in [2.75, 3.05) is 0 Å². The summed E-state index contributed by atoms with van der Waals surface area (Å²) in [5.41, 5.74) is 0. The summed E-state index contributed by atoms with van der Waals surface area (Å²) >= 11 is 6.08. The summed E-state index contributed by atoms with van der Waals surface area (Å²) in [6.45, 7) is 1.94. The Bertz CT molecular complexity index is 295. The van der Waals surface area contributed by atoms with Crippen LogP contribution in [-0.4, -0.2) is 28.7 Å². The Hall–Kier alpha value is -0.280. The Labute approximate surface area is 114 Å². The molecule has 104 valence electrons. The van der Waals surface area contributed by atoms with Gasteiger partial charge >= 0.3 is 5.97 Å². The summed E-state index contributed by atoms with van der Waals surface area (Å²) in [4.78, 5) is 11.1. The molecule has 0 aromatic heterocycles. The van der Waals surface area contributed by atoms with Crippen molar-refractivity contribution in [3.8, 4) is 0 Å². The third-order valence-corrected chi connectivity index (χ3v) is 5.00. The molecule has 18 heavy (non-hydrogen) atoms.